The summed E-state index contributed by atoms with van der Waals surface area (Å²) in [6, 6.07) is 10.3. The molecule has 0 radical (unpaired) electrons. The van der Waals surface area contributed by atoms with E-state index in [1.165, 1.54) is 10.4 Å². The van der Waals surface area contributed by atoms with Crippen molar-refractivity contribution in [3.8, 4) is 5.75 Å². The molecule has 0 aliphatic heterocycles. The van der Waals surface area contributed by atoms with Crippen LogP contribution in [0.15, 0.2) is 35.7 Å². The van der Waals surface area contributed by atoms with Crippen molar-refractivity contribution in [1.82, 2.24) is 0 Å². The summed E-state index contributed by atoms with van der Waals surface area (Å²) in [6.45, 7) is 3.29. The number of hydrogen-bond donors (Lipinski definition) is 1. The molecule has 0 aliphatic carbocycles. The molecule has 1 aromatic carbocycles. The molecule has 0 fully saturated rings. The molecule has 17 heavy (non-hydrogen) atoms. The third kappa shape index (κ3) is 3.32. The van der Waals surface area contributed by atoms with Gasteiger partial charge in [-0.05, 0) is 24.4 Å². The third-order valence-corrected chi connectivity index (χ3v) is 3.56. The molecule has 0 atom stereocenters. The highest BCUT2D eigenvalue weighted by Gasteiger charge is 2.02. The van der Waals surface area contributed by atoms with E-state index >= 15 is 0 Å². The summed E-state index contributed by atoms with van der Waals surface area (Å²) in [5.74, 6) is 0.912. The van der Waals surface area contributed by atoms with Crippen LogP contribution in [0.25, 0.3) is 0 Å². The van der Waals surface area contributed by atoms with Gasteiger partial charge >= 0.3 is 0 Å². The van der Waals surface area contributed by atoms with Crippen LogP contribution in [0.4, 0.5) is 0 Å². The normalized spacial score (nSPS) is 10.5. The van der Waals surface area contributed by atoms with Gasteiger partial charge in [-0.25, -0.2) is 0 Å². The highest BCUT2D eigenvalue weighted by Crippen LogP contribution is 2.20. The van der Waals surface area contributed by atoms with Crippen LogP contribution in [0.2, 0.25) is 0 Å². The van der Waals surface area contributed by atoms with Crippen molar-refractivity contribution in [2.45, 2.75) is 19.9 Å². The van der Waals surface area contributed by atoms with Gasteiger partial charge in [-0.15, -0.1) is 11.3 Å². The second-order valence-electron chi connectivity index (χ2n) is 3.99. The molecule has 1 aromatic heterocycles. The molecule has 2 rings (SSSR count). The Morgan fingerprint density at radius 2 is 2.18 bits per heavy atom. The summed E-state index contributed by atoms with van der Waals surface area (Å²) in [4.78, 5) is 1.35. The Kier molecular flexibility index (Phi) is 4.18. The molecule has 0 aliphatic rings. The molecule has 0 spiro atoms. The molecule has 2 nitrogen and oxygen atoms in total. The fourth-order valence-electron chi connectivity index (χ4n) is 1.72. The zero-order valence-corrected chi connectivity index (χ0v) is 10.8. The number of ether oxygens (including phenoxy) is 1. The first kappa shape index (κ1) is 12.1. The van der Waals surface area contributed by atoms with Crippen LogP contribution in [-0.4, -0.2) is 6.61 Å². The Morgan fingerprint density at radius 3 is 2.88 bits per heavy atom. The van der Waals surface area contributed by atoms with Gasteiger partial charge in [0.15, 0.2) is 0 Å². The van der Waals surface area contributed by atoms with Gasteiger partial charge in [0, 0.05) is 23.4 Å². The number of thiophene rings is 1. The summed E-state index contributed by atoms with van der Waals surface area (Å²) >= 11 is 1.77. The van der Waals surface area contributed by atoms with Gasteiger partial charge in [0.25, 0.3) is 0 Å². The average Bonchev–Trinajstić information content (AvgIpc) is 2.84. The third-order valence-electron chi connectivity index (χ3n) is 2.62. The molecule has 2 aromatic rings. The lowest BCUT2D eigenvalue weighted by atomic mass is 10.1. The fourth-order valence-corrected chi connectivity index (χ4v) is 2.42. The first-order valence-electron chi connectivity index (χ1n) is 5.74. The predicted molar refractivity (Wildman–Crippen MR) is 72.6 cm³/mol. The largest absolute Gasteiger partial charge is 0.493 e. The van der Waals surface area contributed by atoms with Crippen molar-refractivity contribution in [1.29, 1.82) is 0 Å². The van der Waals surface area contributed by atoms with Gasteiger partial charge in [-0.3, -0.25) is 0 Å². The van der Waals surface area contributed by atoms with Gasteiger partial charge < -0.3 is 10.5 Å². The van der Waals surface area contributed by atoms with E-state index in [4.69, 9.17) is 10.5 Å². The zero-order valence-electron chi connectivity index (χ0n) is 9.98. The molecule has 0 saturated carbocycles. The first-order valence-corrected chi connectivity index (χ1v) is 6.62. The van der Waals surface area contributed by atoms with E-state index in [-0.39, 0.29) is 0 Å². The fraction of sp³-hybridized carbons (Fsp3) is 0.286. The Balaban J connectivity index is 1.94. The van der Waals surface area contributed by atoms with Crippen LogP contribution in [-0.2, 0) is 13.0 Å². The Labute approximate surface area is 106 Å². The van der Waals surface area contributed by atoms with E-state index in [0.717, 1.165) is 17.7 Å². The number of benzene rings is 1. The van der Waals surface area contributed by atoms with Crippen LogP contribution in [0.1, 0.15) is 16.0 Å². The summed E-state index contributed by atoms with van der Waals surface area (Å²) in [6.07, 6.45) is 0.954. The molecule has 3 heteroatoms. The standard InChI is InChI=1S/C14H17NOS/c1-11-4-5-14(12(9-11)10-15)16-7-6-13-3-2-8-17-13/h2-5,8-9H,6-7,10,15H2,1H3. The number of aryl methyl sites for hydroxylation is 1. The quantitative estimate of drug-likeness (QED) is 0.881. The van der Waals surface area contributed by atoms with Gasteiger partial charge in [-0.1, -0.05) is 23.8 Å². The van der Waals surface area contributed by atoms with Crippen LogP contribution in [0, 0.1) is 6.92 Å². The maximum absolute atomic E-state index is 5.78. The van der Waals surface area contributed by atoms with Crippen molar-refractivity contribution in [3.63, 3.8) is 0 Å². The molecule has 0 unspecified atom stereocenters. The molecular weight excluding hydrogens is 230 g/mol. The molecule has 0 amide bonds. The van der Waals surface area contributed by atoms with Gasteiger partial charge in [0.05, 0.1) is 6.61 Å². The Bertz CT molecular complexity index is 465. The van der Waals surface area contributed by atoms with E-state index < -0.39 is 0 Å². The van der Waals surface area contributed by atoms with Crippen molar-refractivity contribution in [3.05, 3.63) is 51.7 Å². The first-order chi connectivity index (χ1) is 8.29. The van der Waals surface area contributed by atoms with Crippen LogP contribution >= 0.6 is 11.3 Å². The Hall–Kier alpha value is -1.32. The lowest BCUT2D eigenvalue weighted by Gasteiger charge is -2.10. The minimum absolute atomic E-state index is 0.524. The maximum Gasteiger partial charge on any atom is 0.123 e. The Morgan fingerprint density at radius 1 is 1.29 bits per heavy atom. The summed E-state index contributed by atoms with van der Waals surface area (Å²) < 4.78 is 5.78. The SMILES string of the molecule is Cc1ccc(OCCc2cccs2)c(CN)c1. The van der Waals surface area contributed by atoms with Gasteiger partial charge in [0.1, 0.15) is 5.75 Å². The molecule has 2 N–H and O–H groups in total. The van der Waals surface area contributed by atoms with E-state index in [1.54, 1.807) is 11.3 Å². The van der Waals surface area contributed by atoms with E-state index in [0.29, 0.717) is 13.2 Å². The van der Waals surface area contributed by atoms with Crippen molar-refractivity contribution >= 4 is 11.3 Å². The second-order valence-corrected chi connectivity index (χ2v) is 5.03. The van der Waals surface area contributed by atoms with Crippen LogP contribution in [0.3, 0.4) is 0 Å². The maximum atomic E-state index is 5.78. The predicted octanol–water partition coefficient (Wildman–Crippen LogP) is 3.14. The average molecular weight is 247 g/mol. The minimum Gasteiger partial charge on any atom is -0.493 e. The van der Waals surface area contributed by atoms with Crippen LogP contribution in [0.5, 0.6) is 5.75 Å². The molecule has 1 heterocycles. The summed E-state index contributed by atoms with van der Waals surface area (Å²) in [5.41, 5.74) is 8.01. The molecular formula is C14H17NOS. The highest BCUT2D eigenvalue weighted by atomic mass is 32.1. The number of hydrogen-bond acceptors (Lipinski definition) is 3. The van der Waals surface area contributed by atoms with E-state index in [9.17, 15) is 0 Å². The monoisotopic (exact) mass is 247 g/mol. The lowest BCUT2D eigenvalue weighted by Crippen LogP contribution is -2.05. The van der Waals surface area contributed by atoms with E-state index in [2.05, 4.69) is 36.6 Å². The van der Waals surface area contributed by atoms with Gasteiger partial charge in [0.2, 0.25) is 0 Å². The summed E-state index contributed by atoms with van der Waals surface area (Å²) in [7, 11) is 0. The topological polar surface area (TPSA) is 35.2 Å². The van der Waals surface area contributed by atoms with Crippen molar-refractivity contribution in [2.75, 3.05) is 6.61 Å². The minimum atomic E-state index is 0.524. The second kappa shape index (κ2) is 5.84. The number of nitrogens with two attached hydrogens (primary N) is 1. The summed E-state index contributed by atoms with van der Waals surface area (Å²) in [5, 5.41) is 2.09. The van der Waals surface area contributed by atoms with Gasteiger partial charge in [-0.2, -0.15) is 0 Å². The number of rotatable bonds is 5. The molecule has 90 valence electrons. The highest BCUT2D eigenvalue weighted by molar-refractivity contribution is 7.09. The smallest absolute Gasteiger partial charge is 0.123 e. The molecule has 0 saturated heterocycles. The van der Waals surface area contributed by atoms with E-state index in [1.807, 2.05) is 6.07 Å². The molecule has 0 bridgehead atoms. The van der Waals surface area contributed by atoms with Crippen LogP contribution < -0.4 is 10.5 Å². The van der Waals surface area contributed by atoms with Crippen molar-refractivity contribution < 1.29 is 4.74 Å². The lowest BCUT2D eigenvalue weighted by molar-refractivity contribution is 0.319. The van der Waals surface area contributed by atoms with Crippen molar-refractivity contribution in [2.24, 2.45) is 5.73 Å². The zero-order chi connectivity index (χ0) is 12.1.